The molecule has 1 fully saturated rings. The molecular formula is C10H12BrNO4S2. The molecule has 2 rings (SSSR count). The van der Waals surface area contributed by atoms with Crippen molar-refractivity contribution in [3.05, 3.63) is 28.7 Å². The number of hydrogen-bond donors (Lipinski definition) is 0. The van der Waals surface area contributed by atoms with Gasteiger partial charge in [0.25, 0.3) is 0 Å². The first-order valence-corrected chi connectivity index (χ1v) is 9.33. The molecule has 5 nitrogen and oxygen atoms in total. The third kappa shape index (κ3) is 2.93. The summed E-state index contributed by atoms with van der Waals surface area (Å²) >= 11 is 3.24. The Morgan fingerprint density at radius 2 is 1.56 bits per heavy atom. The van der Waals surface area contributed by atoms with Gasteiger partial charge < -0.3 is 0 Å². The second-order valence-electron chi connectivity index (χ2n) is 4.01. The van der Waals surface area contributed by atoms with Gasteiger partial charge in [0.1, 0.15) is 0 Å². The van der Waals surface area contributed by atoms with E-state index in [0.29, 0.717) is 0 Å². The fourth-order valence-electron chi connectivity index (χ4n) is 1.69. The van der Waals surface area contributed by atoms with Crippen molar-refractivity contribution in [3.8, 4) is 0 Å². The number of benzene rings is 1. The number of rotatable bonds is 2. The van der Waals surface area contributed by atoms with E-state index in [1.165, 1.54) is 16.4 Å². The molecular weight excluding hydrogens is 342 g/mol. The van der Waals surface area contributed by atoms with Crippen LogP contribution in [0.5, 0.6) is 0 Å². The van der Waals surface area contributed by atoms with Gasteiger partial charge in [0.2, 0.25) is 10.0 Å². The highest BCUT2D eigenvalue weighted by Gasteiger charge is 2.30. The summed E-state index contributed by atoms with van der Waals surface area (Å²) in [6, 6.07) is 6.30. The van der Waals surface area contributed by atoms with Gasteiger partial charge in [-0.25, -0.2) is 16.8 Å². The lowest BCUT2D eigenvalue weighted by atomic mass is 10.4. The van der Waals surface area contributed by atoms with E-state index in [0.717, 1.165) is 4.47 Å². The summed E-state index contributed by atoms with van der Waals surface area (Å²) in [7, 11) is -6.66. The Bertz CT molecular complexity index is 623. The number of sulfone groups is 1. The second kappa shape index (κ2) is 4.92. The third-order valence-corrected chi connectivity index (χ3v) is 6.81. The van der Waals surface area contributed by atoms with E-state index < -0.39 is 19.9 Å². The van der Waals surface area contributed by atoms with Gasteiger partial charge in [-0.3, -0.25) is 0 Å². The Balaban J connectivity index is 2.25. The van der Waals surface area contributed by atoms with E-state index in [-0.39, 0.29) is 29.5 Å². The van der Waals surface area contributed by atoms with Crippen LogP contribution in [0.2, 0.25) is 0 Å². The van der Waals surface area contributed by atoms with Crippen molar-refractivity contribution in [2.24, 2.45) is 0 Å². The minimum atomic E-state index is -3.58. The van der Waals surface area contributed by atoms with Crippen molar-refractivity contribution in [1.82, 2.24) is 4.31 Å². The minimum Gasteiger partial charge on any atom is -0.229 e. The molecule has 1 aliphatic rings. The van der Waals surface area contributed by atoms with Gasteiger partial charge in [0.05, 0.1) is 16.4 Å². The molecule has 18 heavy (non-hydrogen) atoms. The molecule has 0 N–H and O–H groups in total. The SMILES string of the molecule is O=S1(=O)CCN(S(=O)(=O)c2ccc(Br)cc2)CC1. The smallest absolute Gasteiger partial charge is 0.229 e. The molecule has 0 radical (unpaired) electrons. The first-order chi connectivity index (χ1) is 8.31. The van der Waals surface area contributed by atoms with Crippen LogP contribution in [0.25, 0.3) is 0 Å². The molecule has 100 valence electrons. The molecule has 1 aliphatic heterocycles. The Hall–Kier alpha value is -0.440. The Kier molecular flexibility index (Phi) is 3.82. The molecule has 0 amide bonds. The van der Waals surface area contributed by atoms with E-state index >= 15 is 0 Å². The van der Waals surface area contributed by atoms with Gasteiger partial charge in [-0.1, -0.05) is 15.9 Å². The third-order valence-electron chi connectivity index (χ3n) is 2.75. The maximum absolute atomic E-state index is 12.2. The molecule has 0 saturated carbocycles. The van der Waals surface area contributed by atoms with E-state index in [2.05, 4.69) is 15.9 Å². The lowest BCUT2D eigenvalue weighted by molar-refractivity contribution is 0.431. The average molecular weight is 354 g/mol. The zero-order valence-electron chi connectivity index (χ0n) is 9.41. The second-order valence-corrected chi connectivity index (χ2v) is 9.17. The molecule has 0 unspecified atom stereocenters. The normalized spacial score (nSPS) is 20.7. The van der Waals surface area contributed by atoms with Crippen molar-refractivity contribution < 1.29 is 16.8 Å². The van der Waals surface area contributed by atoms with Crippen LogP contribution in [0, 0.1) is 0 Å². The van der Waals surface area contributed by atoms with Crippen LogP contribution in [0.15, 0.2) is 33.6 Å². The highest BCUT2D eigenvalue weighted by Crippen LogP contribution is 2.20. The van der Waals surface area contributed by atoms with Gasteiger partial charge in [-0.05, 0) is 24.3 Å². The fourth-order valence-corrected chi connectivity index (χ4v) is 4.83. The van der Waals surface area contributed by atoms with Crippen LogP contribution in [0.1, 0.15) is 0 Å². The molecule has 1 aromatic rings. The number of nitrogens with zero attached hydrogens (tertiary/aromatic N) is 1. The summed E-state index contributed by atoms with van der Waals surface area (Å²) in [5.74, 6) is -0.217. The van der Waals surface area contributed by atoms with Gasteiger partial charge in [0.15, 0.2) is 9.84 Å². The Morgan fingerprint density at radius 3 is 2.06 bits per heavy atom. The Morgan fingerprint density at radius 1 is 1.06 bits per heavy atom. The maximum Gasteiger partial charge on any atom is 0.243 e. The summed E-state index contributed by atoms with van der Waals surface area (Å²) in [6.07, 6.45) is 0. The minimum absolute atomic E-state index is 0.0285. The summed E-state index contributed by atoms with van der Waals surface area (Å²) in [5.41, 5.74) is 0. The van der Waals surface area contributed by atoms with Crippen molar-refractivity contribution in [2.75, 3.05) is 24.6 Å². The summed E-state index contributed by atoms with van der Waals surface area (Å²) in [6.45, 7) is 0.0570. The average Bonchev–Trinajstić information content (AvgIpc) is 2.29. The molecule has 0 aromatic heterocycles. The maximum atomic E-state index is 12.2. The molecule has 0 atom stereocenters. The summed E-state index contributed by atoms with van der Waals surface area (Å²) in [5, 5.41) is 0. The number of hydrogen-bond acceptors (Lipinski definition) is 4. The summed E-state index contributed by atoms with van der Waals surface area (Å²) < 4.78 is 49.0. The zero-order chi connectivity index (χ0) is 13.4. The monoisotopic (exact) mass is 353 g/mol. The van der Waals surface area contributed by atoms with Gasteiger partial charge in [-0.15, -0.1) is 0 Å². The van der Waals surface area contributed by atoms with Crippen molar-refractivity contribution in [3.63, 3.8) is 0 Å². The molecule has 1 aromatic carbocycles. The molecule has 0 bridgehead atoms. The van der Waals surface area contributed by atoms with E-state index in [9.17, 15) is 16.8 Å². The van der Waals surface area contributed by atoms with Crippen molar-refractivity contribution in [2.45, 2.75) is 4.90 Å². The van der Waals surface area contributed by atoms with Crippen LogP contribution in [-0.2, 0) is 19.9 Å². The first kappa shape index (κ1) is 14.0. The standard InChI is InChI=1S/C10H12BrNO4S2/c11-9-1-3-10(4-2-9)18(15,16)12-5-7-17(13,14)8-6-12/h1-4H,5-8H2. The highest BCUT2D eigenvalue weighted by molar-refractivity contribution is 9.10. The molecule has 8 heteroatoms. The number of sulfonamides is 1. The highest BCUT2D eigenvalue weighted by atomic mass is 79.9. The predicted molar refractivity (Wildman–Crippen MR) is 71.6 cm³/mol. The first-order valence-electron chi connectivity index (χ1n) is 5.27. The topological polar surface area (TPSA) is 71.5 Å². The molecule has 0 aliphatic carbocycles. The zero-order valence-corrected chi connectivity index (χ0v) is 12.6. The van der Waals surface area contributed by atoms with Crippen molar-refractivity contribution >= 4 is 35.8 Å². The van der Waals surface area contributed by atoms with Crippen LogP contribution < -0.4 is 0 Å². The van der Waals surface area contributed by atoms with Crippen LogP contribution in [-0.4, -0.2) is 45.7 Å². The van der Waals surface area contributed by atoms with Crippen LogP contribution in [0.3, 0.4) is 0 Å². The Labute approximate surface area is 115 Å². The fraction of sp³-hybridized carbons (Fsp3) is 0.400. The lowest BCUT2D eigenvalue weighted by Crippen LogP contribution is -2.43. The largest absolute Gasteiger partial charge is 0.243 e. The number of halogens is 1. The molecule has 0 spiro atoms. The molecule has 1 saturated heterocycles. The van der Waals surface area contributed by atoms with E-state index in [4.69, 9.17) is 0 Å². The van der Waals surface area contributed by atoms with Gasteiger partial charge in [0, 0.05) is 17.6 Å². The van der Waals surface area contributed by atoms with Crippen LogP contribution >= 0.6 is 15.9 Å². The van der Waals surface area contributed by atoms with Crippen LogP contribution in [0.4, 0.5) is 0 Å². The predicted octanol–water partition coefficient (Wildman–Crippen LogP) is 0.868. The quantitative estimate of drug-likeness (QED) is 0.790. The molecule has 1 heterocycles. The lowest BCUT2D eigenvalue weighted by Gasteiger charge is -2.25. The van der Waals surface area contributed by atoms with E-state index in [1.807, 2.05) is 0 Å². The van der Waals surface area contributed by atoms with Crippen molar-refractivity contribution in [1.29, 1.82) is 0 Å². The van der Waals surface area contributed by atoms with Gasteiger partial charge >= 0.3 is 0 Å². The van der Waals surface area contributed by atoms with E-state index in [1.54, 1.807) is 12.1 Å². The summed E-state index contributed by atoms with van der Waals surface area (Å²) in [4.78, 5) is 0.185. The van der Waals surface area contributed by atoms with Gasteiger partial charge in [-0.2, -0.15) is 4.31 Å².